The van der Waals surface area contributed by atoms with Gasteiger partial charge < -0.3 is 14.2 Å². The molecule has 3 rings (SSSR count). The minimum Gasteiger partial charge on any atom is -0.490 e. The number of ether oxygens (including phenoxy) is 3. The van der Waals surface area contributed by atoms with Crippen molar-refractivity contribution in [1.29, 1.82) is 0 Å². The van der Waals surface area contributed by atoms with E-state index in [-0.39, 0.29) is 28.0 Å². The molecule has 0 saturated heterocycles. The van der Waals surface area contributed by atoms with Gasteiger partial charge in [0.25, 0.3) is 5.91 Å². The summed E-state index contributed by atoms with van der Waals surface area (Å²) in [7, 11) is 0. The molecule has 0 aliphatic heterocycles. The van der Waals surface area contributed by atoms with Crippen LogP contribution in [0.2, 0.25) is 20.1 Å². The molecule has 0 saturated carbocycles. The molecule has 11 heteroatoms. The first kappa shape index (κ1) is 26.6. The molecule has 0 aromatic heterocycles. The first-order valence-electron chi connectivity index (χ1n) is 10.1. The van der Waals surface area contributed by atoms with Crippen molar-refractivity contribution in [3.8, 4) is 17.2 Å². The Kier molecular flexibility index (Phi) is 9.63. The third kappa shape index (κ3) is 7.77. The van der Waals surface area contributed by atoms with Gasteiger partial charge in [-0.15, -0.1) is 0 Å². The van der Waals surface area contributed by atoms with E-state index >= 15 is 0 Å². The molecule has 1 N–H and O–H groups in total. The predicted octanol–water partition coefficient (Wildman–Crippen LogP) is 6.45. The lowest BCUT2D eigenvalue weighted by molar-refractivity contribution is -0.123. The van der Waals surface area contributed by atoms with Crippen LogP contribution in [0.25, 0.3) is 0 Å². The molecule has 182 valence electrons. The Morgan fingerprint density at radius 2 is 1.54 bits per heavy atom. The average Bonchev–Trinajstić information content (AvgIpc) is 2.80. The van der Waals surface area contributed by atoms with Crippen LogP contribution < -0.4 is 19.6 Å². The van der Waals surface area contributed by atoms with Gasteiger partial charge in [-0.2, -0.15) is 5.10 Å². The number of nitrogens with zero attached hydrogens (tertiary/aromatic N) is 1. The van der Waals surface area contributed by atoms with Crippen LogP contribution in [0.5, 0.6) is 17.2 Å². The maximum Gasteiger partial charge on any atom is 0.345 e. The Morgan fingerprint density at radius 3 is 2.23 bits per heavy atom. The molecule has 0 atom stereocenters. The van der Waals surface area contributed by atoms with Gasteiger partial charge in [-0.1, -0.05) is 46.4 Å². The van der Waals surface area contributed by atoms with Crippen molar-refractivity contribution >= 4 is 64.5 Å². The number of carbonyl (C=O) groups excluding carboxylic acids is 2. The second-order valence-electron chi connectivity index (χ2n) is 6.81. The Balaban J connectivity index is 1.62. The molecule has 0 fully saturated rings. The highest BCUT2D eigenvalue weighted by molar-refractivity contribution is 6.36. The van der Waals surface area contributed by atoms with Crippen molar-refractivity contribution in [3.05, 3.63) is 85.8 Å². The van der Waals surface area contributed by atoms with Crippen LogP contribution in [0.4, 0.5) is 0 Å². The molecule has 35 heavy (non-hydrogen) atoms. The second kappa shape index (κ2) is 12.7. The van der Waals surface area contributed by atoms with Crippen LogP contribution in [-0.2, 0) is 4.79 Å². The third-order valence-corrected chi connectivity index (χ3v) is 5.36. The summed E-state index contributed by atoms with van der Waals surface area (Å²) in [6, 6.07) is 13.9. The fourth-order valence-electron chi connectivity index (χ4n) is 2.71. The summed E-state index contributed by atoms with van der Waals surface area (Å²) in [6.45, 7) is 1.81. The van der Waals surface area contributed by atoms with E-state index in [0.29, 0.717) is 33.7 Å². The van der Waals surface area contributed by atoms with Crippen LogP contribution in [0.15, 0.2) is 59.7 Å². The number of benzene rings is 3. The van der Waals surface area contributed by atoms with Gasteiger partial charge in [0.15, 0.2) is 18.1 Å². The monoisotopic (exact) mass is 554 g/mol. The van der Waals surface area contributed by atoms with E-state index in [0.717, 1.165) is 0 Å². The molecule has 0 spiro atoms. The largest absolute Gasteiger partial charge is 0.490 e. The van der Waals surface area contributed by atoms with Crippen molar-refractivity contribution in [1.82, 2.24) is 5.43 Å². The number of nitrogens with one attached hydrogen (secondary N) is 1. The number of hydrogen-bond acceptors (Lipinski definition) is 6. The van der Waals surface area contributed by atoms with Gasteiger partial charge in [-0.3, -0.25) is 4.79 Å². The first-order chi connectivity index (χ1) is 16.8. The van der Waals surface area contributed by atoms with E-state index in [1.165, 1.54) is 30.5 Å². The SMILES string of the molecule is CCOc1cc(C=NNC(=O)COc2ccc(Cl)cc2Cl)ccc1OC(=O)c1ccc(Cl)cc1Cl. The number of amides is 1. The number of halogens is 4. The van der Waals surface area contributed by atoms with E-state index in [1.54, 1.807) is 37.3 Å². The molecule has 0 aliphatic carbocycles. The number of carbonyl (C=O) groups is 2. The zero-order chi connectivity index (χ0) is 25.4. The molecule has 0 radical (unpaired) electrons. The lowest BCUT2D eigenvalue weighted by Gasteiger charge is -2.12. The summed E-state index contributed by atoms with van der Waals surface area (Å²) in [5.74, 6) is -0.342. The molecule has 0 bridgehead atoms. The van der Waals surface area contributed by atoms with Crippen LogP contribution in [0.1, 0.15) is 22.8 Å². The first-order valence-corrected chi connectivity index (χ1v) is 11.6. The van der Waals surface area contributed by atoms with Crippen LogP contribution in [0, 0.1) is 0 Å². The Morgan fingerprint density at radius 1 is 0.857 bits per heavy atom. The number of rotatable bonds is 9. The van der Waals surface area contributed by atoms with Gasteiger partial charge in [-0.25, -0.2) is 10.2 Å². The summed E-state index contributed by atoms with van der Waals surface area (Å²) in [6.07, 6.45) is 1.40. The number of hydrazone groups is 1. The van der Waals surface area contributed by atoms with Crippen molar-refractivity contribution in [2.45, 2.75) is 6.92 Å². The molecular formula is C24H18Cl4N2O5. The number of esters is 1. The minimum absolute atomic E-state index is 0.161. The highest BCUT2D eigenvalue weighted by atomic mass is 35.5. The Hall–Kier alpha value is -2.97. The number of hydrogen-bond donors (Lipinski definition) is 1. The maximum absolute atomic E-state index is 12.5. The Bertz CT molecular complexity index is 1270. The van der Waals surface area contributed by atoms with Crippen LogP contribution >= 0.6 is 46.4 Å². The average molecular weight is 556 g/mol. The minimum atomic E-state index is -0.665. The molecule has 0 aliphatic rings. The summed E-state index contributed by atoms with van der Waals surface area (Å²) in [4.78, 5) is 24.5. The van der Waals surface area contributed by atoms with Crippen molar-refractivity contribution in [2.24, 2.45) is 5.10 Å². The van der Waals surface area contributed by atoms with Crippen molar-refractivity contribution in [2.75, 3.05) is 13.2 Å². The topological polar surface area (TPSA) is 86.2 Å². The lowest BCUT2D eigenvalue weighted by Crippen LogP contribution is -2.24. The molecular weight excluding hydrogens is 538 g/mol. The molecule has 3 aromatic carbocycles. The van der Waals surface area contributed by atoms with Crippen LogP contribution in [-0.4, -0.2) is 31.3 Å². The second-order valence-corrected chi connectivity index (χ2v) is 8.50. The van der Waals surface area contributed by atoms with E-state index in [4.69, 9.17) is 60.6 Å². The van der Waals surface area contributed by atoms with E-state index < -0.39 is 11.9 Å². The highest BCUT2D eigenvalue weighted by Gasteiger charge is 2.16. The fourth-order valence-corrected chi connectivity index (χ4v) is 3.66. The summed E-state index contributed by atoms with van der Waals surface area (Å²) < 4.78 is 16.4. The molecule has 0 heterocycles. The van der Waals surface area contributed by atoms with Crippen molar-refractivity contribution < 1.29 is 23.8 Å². The smallest absolute Gasteiger partial charge is 0.345 e. The fraction of sp³-hybridized carbons (Fsp3) is 0.125. The lowest BCUT2D eigenvalue weighted by atomic mass is 10.2. The predicted molar refractivity (Wildman–Crippen MR) is 137 cm³/mol. The molecule has 3 aromatic rings. The summed E-state index contributed by atoms with van der Waals surface area (Å²) >= 11 is 23.8. The van der Waals surface area contributed by atoms with Crippen molar-refractivity contribution in [3.63, 3.8) is 0 Å². The van der Waals surface area contributed by atoms with Crippen LogP contribution in [0.3, 0.4) is 0 Å². The standard InChI is InChI=1S/C24H18Cl4N2O5/c1-2-33-22-9-14(3-7-21(22)35-24(32)17-6-4-15(25)10-18(17)27)12-29-30-23(31)13-34-20-8-5-16(26)11-19(20)28/h3-12H,2,13H2,1H3,(H,30,31). The van der Waals surface area contributed by atoms with Gasteiger partial charge in [0.2, 0.25) is 0 Å². The zero-order valence-electron chi connectivity index (χ0n) is 18.2. The van der Waals surface area contributed by atoms with E-state index in [9.17, 15) is 9.59 Å². The summed E-state index contributed by atoms with van der Waals surface area (Å²) in [5, 5.41) is 5.21. The van der Waals surface area contributed by atoms with Gasteiger partial charge in [-0.05, 0) is 67.1 Å². The molecule has 7 nitrogen and oxygen atoms in total. The summed E-state index contributed by atoms with van der Waals surface area (Å²) in [5.41, 5.74) is 3.09. The highest BCUT2D eigenvalue weighted by Crippen LogP contribution is 2.30. The quantitative estimate of drug-likeness (QED) is 0.142. The van der Waals surface area contributed by atoms with Gasteiger partial charge in [0.1, 0.15) is 5.75 Å². The maximum atomic E-state index is 12.5. The van der Waals surface area contributed by atoms with Gasteiger partial charge in [0, 0.05) is 10.0 Å². The Labute approximate surface area is 221 Å². The van der Waals surface area contributed by atoms with E-state index in [1.807, 2.05) is 0 Å². The van der Waals surface area contributed by atoms with Gasteiger partial charge >= 0.3 is 5.97 Å². The normalized spacial score (nSPS) is 10.8. The molecule has 0 unspecified atom stereocenters. The van der Waals surface area contributed by atoms with Gasteiger partial charge in [0.05, 0.1) is 28.4 Å². The van der Waals surface area contributed by atoms with E-state index in [2.05, 4.69) is 10.5 Å². The molecule has 1 amide bonds. The zero-order valence-corrected chi connectivity index (χ0v) is 21.2. The third-order valence-electron chi connectivity index (χ3n) is 4.28.